The maximum absolute atomic E-state index is 13.5. The lowest BCUT2D eigenvalue weighted by atomic mass is 10.2. The highest BCUT2D eigenvalue weighted by Crippen LogP contribution is 2.33. The Morgan fingerprint density at radius 3 is 2.48 bits per heavy atom. The molecular weight excluding hydrogens is 297 g/mol. The van der Waals surface area contributed by atoms with Crippen LogP contribution in [0, 0.1) is 5.82 Å². The SMILES string of the molecule is COc1cc(Oc2cccc(S(C)(=O)=O)c2)c(N)cc1F. The summed E-state index contributed by atoms with van der Waals surface area (Å²) >= 11 is 0. The smallest absolute Gasteiger partial charge is 0.175 e. The average molecular weight is 311 g/mol. The molecule has 5 nitrogen and oxygen atoms in total. The van der Waals surface area contributed by atoms with Gasteiger partial charge in [-0.05, 0) is 18.2 Å². The molecule has 112 valence electrons. The monoisotopic (exact) mass is 311 g/mol. The number of hydrogen-bond donors (Lipinski definition) is 1. The van der Waals surface area contributed by atoms with Crippen molar-refractivity contribution in [2.75, 3.05) is 19.1 Å². The number of benzene rings is 2. The van der Waals surface area contributed by atoms with Crippen LogP contribution in [0.3, 0.4) is 0 Å². The van der Waals surface area contributed by atoms with E-state index >= 15 is 0 Å². The molecule has 0 aromatic heterocycles. The molecule has 0 aliphatic rings. The Labute approximate surface area is 122 Å². The fourth-order valence-electron chi connectivity index (χ4n) is 1.69. The van der Waals surface area contributed by atoms with Crippen LogP contribution in [0.2, 0.25) is 0 Å². The zero-order valence-electron chi connectivity index (χ0n) is 11.5. The number of nitrogen functional groups attached to an aromatic ring is 1. The Morgan fingerprint density at radius 1 is 1.14 bits per heavy atom. The first-order chi connectivity index (χ1) is 9.81. The van der Waals surface area contributed by atoms with E-state index in [0.717, 1.165) is 12.3 Å². The number of halogens is 1. The van der Waals surface area contributed by atoms with E-state index in [9.17, 15) is 12.8 Å². The molecule has 0 bridgehead atoms. The summed E-state index contributed by atoms with van der Waals surface area (Å²) in [5.41, 5.74) is 5.76. The van der Waals surface area contributed by atoms with Crippen molar-refractivity contribution in [3.8, 4) is 17.2 Å². The maximum atomic E-state index is 13.5. The third kappa shape index (κ3) is 3.43. The van der Waals surface area contributed by atoms with Gasteiger partial charge in [-0.2, -0.15) is 0 Å². The number of rotatable bonds is 4. The van der Waals surface area contributed by atoms with E-state index in [-0.39, 0.29) is 27.8 Å². The van der Waals surface area contributed by atoms with Crippen LogP contribution in [-0.4, -0.2) is 21.8 Å². The van der Waals surface area contributed by atoms with Gasteiger partial charge in [-0.15, -0.1) is 0 Å². The lowest BCUT2D eigenvalue weighted by Gasteiger charge is -2.11. The highest BCUT2D eigenvalue weighted by Gasteiger charge is 2.12. The summed E-state index contributed by atoms with van der Waals surface area (Å²) in [7, 11) is -2.02. The van der Waals surface area contributed by atoms with Gasteiger partial charge in [-0.3, -0.25) is 0 Å². The first-order valence-corrected chi connectivity index (χ1v) is 7.81. The van der Waals surface area contributed by atoms with Gasteiger partial charge < -0.3 is 15.2 Å². The van der Waals surface area contributed by atoms with E-state index in [1.54, 1.807) is 12.1 Å². The molecule has 0 unspecified atom stereocenters. The van der Waals surface area contributed by atoms with Crippen molar-refractivity contribution in [2.24, 2.45) is 0 Å². The van der Waals surface area contributed by atoms with Crippen molar-refractivity contribution >= 4 is 15.5 Å². The molecule has 2 rings (SSSR count). The topological polar surface area (TPSA) is 78.6 Å². The fraction of sp³-hybridized carbons (Fsp3) is 0.143. The molecule has 0 amide bonds. The molecule has 0 radical (unpaired) electrons. The average Bonchev–Trinajstić information content (AvgIpc) is 2.41. The van der Waals surface area contributed by atoms with Crippen LogP contribution in [0.1, 0.15) is 0 Å². The number of anilines is 1. The van der Waals surface area contributed by atoms with Crippen molar-refractivity contribution < 1.29 is 22.3 Å². The molecule has 0 aliphatic carbocycles. The lowest BCUT2D eigenvalue weighted by molar-refractivity contribution is 0.382. The van der Waals surface area contributed by atoms with E-state index in [0.29, 0.717) is 0 Å². The highest BCUT2D eigenvalue weighted by atomic mass is 32.2. The summed E-state index contributed by atoms with van der Waals surface area (Å²) in [5, 5.41) is 0. The van der Waals surface area contributed by atoms with Crippen LogP contribution in [0.15, 0.2) is 41.3 Å². The summed E-state index contributed by atoms with van der Waals surface area (Å²) in [4.78, 5) is 0.118. The van der Waals surface area contributed by atoms with Crippen molar-refractivity contribution in [1.82, 2.24) is 0 Å². The normalized spacial score (nSPS) is 11.2. The predicted molar refractivity (Wildman–Crippen MR) is 77.0 cm³/mol. The summed E-state index contributed by atoms with van der Waals surface area (Å²) in [6.45, 7) is 0. The third-order valence-electron chi connectivity index (χ3n) is 2.75. The third-order valence-corrected chi connectivity index (χ3v) is 3.86. The molecule has 7 heteroatoms. The highest BCUT2D eigenvalue weighted by molar-refractivity contribution is 7.90. The molecule has 0 aliphatic heterocycles. The van der Waals surface area contributed by atoms with Crippen LogP contribution >= 0.6 is 0 Å². The van der Waals surface area contributed by atoms with E-state index in [4.69, 9.17) is 15.2 Å². The second-order valence-electron chi connectivity index (χ2n) is 4.37. The van der Waals surface area contributed by atoms with E-state index in [1.165, 1.54) is 25.3 Å². The maximum Gasteiger partial charge on any atom is 0.175 e. The standard InChI is InChI=1S/C14H14FNO4S/c1-19-13-8-14(12(16)7-11(13)15)20-9-4-3-5-10(6-9)21(2,17)18/h3-8H,16H2,1-2H3. The van der Waals surface area contributed by atoms with Gasteiger partial charge in [-0.1, -0.05) is 6.07 Å². The summed E-state index contributed by atoms with van der Waals surface area (Å²) in [6.07, 6.45) is 1.10. The lowest BCUT2D eigenvalue weighted by Crippen LogP contribution is -1.99. The molecule has 21 heavy (non-hydrogen) atoms. The van der Waals surface area contributed by atoms with Crippen LogP contribution < -0.4 is 15.2 Å². The Balaban J connectivity index is 2.39. The first kappa shape index (κ1) is 15.1. The number of sulfone groups is 1. The zero-order chi connectivity index (χ0) is 15.6. The Hall–Kier alpha value is -2.28. The number of methoxy groups -OCH3 is 1. The van der Waals surface area contributed by atoms with Gasteiger partial charge in [0, 0.05) is 18.4 Å². The number of hydrogen-bond acceptors (Lipinski definition) is 5. The Kier molecular flexibility index (Phi) is 4.04. The van der Waals surface area contributed by atoms with Crippen molar-refractivity contribution in [2.45, 2.75) is 4.90 Å². The molecule has 0 heterocycles. The van der Waals surface area contributed by atoms with Gasteiger partial charge in [0.15, 0.2) is 27.2 Å². The minimum atomic E-state index is -3.34. The second-order valence-corrected chi connectivity index (χ2v) is 6.39. The molecule has 0 saturated heterocycles. The Bertz CT molecular complexity index is 775. The van der Waals surface area contributed by atoms with E-state index in [2.05, 4.69) is 0 Å². The fourth-order valence-corrected chi connectivity index (χ4v) is 2.35. The van der Waals surface area contributed by atoms with E-state index in [1.807, 2.05) is 0 Å². The van der Waals surface area contributed by atoms with Gasteiger partial charge in [-0.25, -0.2) is 12.8 Å². The van der Waals surface area contributed by atoms with Crippen molar-refractivity contribution in [1.29, 1.82) is 0 Å². The van der Waals surface area contributed by atoms with Crippen LogP contribution in [-0.2, 0) is 9.84 Å². The second kappa shape index (κ2) is 5.61. The molecular formula is C14H14FNO4S. The zero-order valence-corrected chi connectivity index (χ0v) is 12.3. The van der Waals surface area contributed by atoms with Gasteiger partial charge in [0.2, 0.25) is 0 Å². The van der Waals surface area contributed by atoms with Crippen LogP contribution in [0.4, 0.5) is 10.1 Å². The predicted octanol–water partition coefficient (Wildman–Crippen LogP) is 2.61. The molecule has 2 aromatic carbocycles. The quantitative estimate of drug-likeness (QED) is 0.878. The summed E-state index contributed by atoms with van der Waals surface area (Å²) in [5.74, 6) is -0.164. The first-order valence-electron chi connectivity index (χ1n) is 5.92. The van der Waals surface area contributed by atoms with Crippen LogP contribution in [0.5, 0.6) is 17.2 Å². The van der Waals surface area contributed by atoms with Crippen LogP contribution in [0.25, 0.3) is 0 Å². The number of nitrogens with two attached hydrogens (primary N) is 1. The number of ether oxygens (including phenoxy) is 2. The van der Waals surface area contributed by atoms with Gasteiger partial charge in [0.05, 0.1) is 17.7 Å². The van der Waals surface area contributed by atoms with Crippen molar-refractivity contribution in [3.05, 3.63) is 42.2 Å². The minimum absolute atomic E-state index is 0.0153. The molecule has 2 aromatic rings. The molecule has 0 spiro atoms. The van der Waals surface area contributed by atoms with Gasteiger partial charge in [0.25, 0.3) is 0 Å². The molecule has 0 atom stereocenters. The largest absolute Gasteiger partial charge is 0.494 e. The summed E-state index contributed by atoms with van der Waals surface area (Å²) < 4.78 is 46.8. The van der Waals surface area contributed by atoms with Crippen molar-refractivity contribution in [3.63, 3.8) is 0 Å². The Morgan fingerprint density at radius 2 is 1.86 bits per heavy atom. The minimum Gasteiger partial charge on any atom is -0.494 e. The molecule has 2 N–H and O–H groups in total. The van der Waals surface area contributed by atoms with E-state index < -0.39 is 15.7 Å². The van der Waals surface area contributed by atoms with Gasteiger partial charge in [0.1, 0.15) is 5.75 Å². The summed E-state index contributed by atoms with van der Waals surface area (Å²) in [6, 6.07) is 8.32. The molecule has 0 fully saturated rings. The van der Waals surface area contributed by atoms with Gasteiger partial charge >= 0.3 is 0 Å². The molecule has 0 saturated carbocycles.